The zero-order valence-corrected chi connectivity index (χ0v) is 8.40. The number of esters is 1. The van der Waals surface area contributed by atoms with Crippen LogP contribution in [-0.4, -0.2) is 24.1 Å². The van der Waals surface area contributed by atoms with Crippen molar-refractivity contribution in [2.45, 2.75) is 20.8 Å². The van der Waals surface area contributed by atoms with Gasteiger partial charge in [0.15, 0.2) is 5.76 Å². The van der Waals surface area contributed by atoms with Gasteiger partial charge in [-0.1, -0.05) is 0 Å². The molecule has 0 aliphatic carbocycles. The zero-order chi connectivity index (χ0) is 11.1. The molecule has 0 heterocycles. The van der Waals surface area contributed by atoms with Crippen LogP contribution in [0.2, 0.25) is 0 Å². The summed E-state index contributed by atoms with van der Waals surface area (Å²) in [4.78, 5) is 20.8. The van der Waals surface area contributed by atoms with Gasteiger partial charge in [-0.2, -0.15) is 0 Å². The summed E-state index contributed by atoms with van der Waals surface area (Å²) in [5.74, 6) is -1.00. The van der Waals surface area contributed by atoms with E-state index < -0.39 is 16.6 Å². The van der Waals surface area contributed by atoms with Crippen molar-refractivity contribution < 1.29 is 19.2 Å². The Morgan fingerprint density at radius 2 is 1.79 bits per heavy atom. The molecule has 0 amide bonds. The van der Waals surface area contributed by atoms with E-state index in [1.807, 2.05) is 0 Å². The fourth-order valence-electron chi connectivity index (χ4n) is 0.831. The van der Waals surface area contributed by atoms with Crippen molar-refractivity contribution in [2.75, 3.05) is 13.2 Å². The van der Waals surface area contributed by atoms with E-state index >= 15 is 0 Å². The predicted molar refractivity (Wildman–Crippen MR) is 48.0 cm³/mol. The first-order valence-corrected chi connectivity index (χ1v) is 4.19. The van der Waals surface area contributed by atoms with E-state index in [0.29, 0.717) is 0 Å². The van der Waals surface area contributed by atoms with Gasteiger partial charge >= 0.3 is 11.7 Å². The number of rotatable bonds is 5. The third-order valence-corrected chi connectivity index (χ3v) is 1.35. The molecule has 14 heavy (non-hydrogen) atoms. The van der Waals surface area contributed by atoms with Crippen LogP contribution in [0.1, 0.15) is 20.8 Å². The second kappa shape index (κ2) is 5.95. The van der Waals surface area contributed by atoms with E-state index in [1.54, 1.807) is 13.8 Å². The molecule has 0 bridgehead atoms. The highest BCUT2D eigenvalue weighted by Crippen LogP contribution is 2.08. The Morgan fingerprint density at radius 1 is 1.29 bits per heavy atom. The summed E-state index contributed by atoms with van der Waals surface area (Å²) in [7, 11) is 0. The maximum atomic E-state index is 11.1. The molecule has 0 N–H and O–H groups in total. The summed E-state index contributed by atoms with van der Waals surface area (Å²) in [6.07, 6.45) is 0. The van der Waals surface area contributed by atoms with Crippen LogP contribution in [0.15, 0.2) is 11.5 Å². The first-order chi connectivity index (χ1) is 6.54. The predicted octanol–water partition coefficient (Wildman–Crippen LogP) is 1.09. The lowest BCUT2D eigenvalue weighted by atomic mass is 10.4. The van der Waals surface area contributed by atoms with Gasteiger partial charge in [0, 0.05) is 6.92 Å². The highest BCUT2D eigenvalue weighted by Gasteiger charge is 2.28. The molecule has 0 aromatic rings. The van der Waals surface area contributed by atoms with Crippen LogP contribution in [0.5, 0.6) is 0 Å². The molecular weight excluding hydrogens is 190 g/mol. The van der Waals surface area contributed by atoms with Gasteiger partial charge in [-0.15, -0.1) is 0 Å². The van der Waals surface area contributed by atoms with Gasteiger partial charge in [0.05, 0.1) is 18.1 Å². The molecule has 0 aromatic heterocycles. The zero-order valence-electron chi connectivity index (χ0n) is 8.40. The fraction of sp³-hybridized carbons (Fsp3) is 0.625. The molecule has 0 saturated carbocycles. The molecule has 0 rings (SSSR count). The molecule has 0 unspecified atom stereocenters. The standard InChI is InChI=1S/C8H13NO5/c1-4-13-6(3)7(9(11)12)8(10)14-5-2/h4-5H2,1-3H3/b7-6+. The summed E-state index contributed by atoms with van der Waals surface area (Å²) in [5, 5.41) is 10.5. The fourth-order valence-corrected chi connectivity index (χ4v) is 0.831. The first-order valence-electron chi connectivity index (χ1n) is 4.19. The summed E-state index contributed by atoms with van der Waals surface area (Å²) in [6.45, 7) is 4.97. The van der Waals surface area contributed by atoms with Gasteiger partial charge in [-0.05, 0) is 13.8 Å². The molecule has 0 fully saturated rings. The molecule has 0 aliphatic heterocycles. The monoisotopic (exact) mass is 203 g/mol. The first kappa shape index (κ1) is 12.4. The molecule has 0 atom stereocenters. The van der Waals surface area contributed by atoms with Crippen molar-refractivity contribution in [2.24, 2.45) is 0 Å². The minimum Gasteiger partial charge on any atom is -0.491 e. The van der Waals surface area contributed by atoms with E-state index in [-0.39, 0.29) is 19.0 Å². The Hall–Kier alpha value is -1.59. The summed E-state index contributed by atoms with van der Waals surface area (Å²) in [5.41, 5.74) is -0.645. The van der Waals surface area contributed by atoms with Gasteiger partial charge in [0.2, 0.25) is 0 Å². The molecule has 6 nitrogen and oxygen atoms in total. The van der Waals surface area contributed by atoms with Gasteiger partial charge in [-0.3, -0.25) is 10.1 Å². The number of nitrogens with zero attached hydrogens (tertiary/aromatic N) is 1. The topological polar surface area (TPSA) is 78.7 Å². The van der Waals surface area contributed by atoms with Crippen LogP contribution < -0.4 is 0 Å². The third kappa shape index (κ3) is 3.42. The van der Waals surface area contributed by atoms with Gasteiger partial charge < -0.3 is 9.47 Å². The number of allylic oxidation sites excluding steroid dienone is 1. The lowest BCUT2D eigenvalue weighted by Crippen LogP contribution is -2.17. The van der Waals surface area contributed by atoms with E-state index in [9.17, 15) is 14.9 Å². The van der Waals surface area contributed by atoms with E-state index in [0.717, 1.165) is 0 Å². The molecule has 0 saturated heterocycles. The highest BCUT2D eigenvalue weighted by molar-refractivity contribution is 5.86. The van der Waals surface area contributed by atoms with Crippen molar-refractivity contribution in [3.63, 3.8) is 0 Å². The quantitative estimate of drug-likeness (QED) is 0.220. The molecule has 0 spiro atoms. The van der Waals surface area contributed by atoms with E-state index in [1.165, 1.54) is 6.92 Å². The number of ether oxygens (including phenoxy) is 2. The Morgan fingerprint density at radius 3 is 2.14 bits per heavy atom. The lowest BCUT2D eigenvalue weighted by molar-refractivity contribution is -0.424. The third-order valence-electron chi connectivity index (χ3n) is 1.35. The normalized spacial score (nSPS) is 11.6. The number of hydrogen-bond donors (Lipinski definition) is 0. The van der Waals surface area contributed by atoms with Crippen LogP contribution in [0.3, 0.4) is 0 Å². The Balaban J connectivity index is 4.83. The molecule has 0 aromatic carbocycles. The number of nitro groups is 1. The van der Waals surface area contributed by atoms with Gasteiger partial charge in [0.1, 0.15) is 0 Å². The van der Waals surface area contributed by atoms with Crippen molar-refractivity contribution >= 4 is 5.97 Å². The Labute approximate surface area is 81.6 Å². The van der Waals surface area contributed by atoms with Crippen molar-refractivity contribution in [3.8, 4) is 0 Å². The van der Waals surface area contributed by atoms with E-state index in [2.05, 4.69) is 4.74 Å². The van der Waals surface area contributed by atoms with Crippen molar-refractivity contribution in [1.29, 1.82) is 0 Å². The smallest absolute Gasteiger partial charge is 0.413 e. The second-order valence-electron chi connectivity index (χ2n) is 2.32. The van der Waals surface area contributed by atoms with Crippen LogP contribution in [0.4, 0.5) is 0 Å². The Bertz CT molecular complexity index is 258. The number of carbonyl (C=O) groups is 1. The molecule has 80 valence electrons. The van der Waals surface area contributed by atoms with Crippen LogP contribution in [-0.2, 0) is 14.3 Å². The highest BCUT2D eigenvalue weighted by atomic mass is 16.6. The van der Waals surface area contributed by atoms with Gasteiger partial charge in [-0.25, -0.2) is 4.79 Å². The maximum Gasteiger partial charge on any atom is 0.413 e. The molecule has 0 aliphatic rings. The number of hydrogen-bond acceptors (Lipinski definition) is 5. The van der Waals surface area contributed by atoms with Crippen molar-refractivity contribution in [3.05, 3.63) is 21.6 Å². The van der Waals surface area contributed by atoms with Gasteiger partial charge in [0.25, 0.3) is 0 Å². The lowest BCUT2D eigenvalue weighted by Gasteiger charge is -2.04. The average molecular weight is 203 g/mol. The van der Waals surface area contributed by atoms with Crippen molar-refractivity contribution in [1.82, 2.24) is 0 Å². The Kier molecular flexibility index (Phi) is 5.28. The van der Waals surface area contributed by atoms with Crippen LogP contribution >= 0.6 is 0 Å². The van der Waals surface area contributed by atoms with E-state index in [4.69, 9.17) is 4.74 Å². The average Bonchev–Trinajstić information content (AvgIpc) is 2.04. The minimum atomic E-state index is -0.969. The largest absolute Gasteiger partial charge is 0.491 e. The van der Waals surface area contributed by atoms with Crippen LogP contribution in [0, 0.1) is 10.1 Å². The second-order valence-corrected chi connectivity index (χ2v) is 2.32. The van der Waals surface area contributed by atoms with Crippen LogP contribution in [0.25, 0.3) is 0 Å². The number of carbonyl (C=O) groups excluding carboxylic acids is 1. The summed E-state index contributed by atoms with van der Waals surface area (Å²) >= 11 is 0. The molecular formula is C8H13NO5. The minimum absolute atomic E-state index is 0.0315. The summed E-state index contributed by atoms with van der Waals surface area (Å²) < 4.78 is 9.38. The maximum absolute atomic E-state index is 11.1. The molecule has 0 radical (unpaired) electrons. The SMILES string of the molecule is CCOC(=O)/C(=C(/C)OCC)[N+](=O)[O-]. The molecule has 6 heteroatoms. The summed E-state index contributed by atoms with van der Waals surface area (Å²) in [6, 6.07) is 0.